The van der Waals surface area contributed by atoms with Gasteiger partial charge >= 0.3 is 0 Å². The molecule has 3 rings (SSSR count). The summed E-state index contributed by atoms with van der Waals surface area (Å²) < 4.78 is 23.7. The number of hydrogen-bond acceptors (Lipinski definition) is 4. The zero-order chi connectivity index (χ0) is 12.8. The van der Waals surface area contributed by atoms with E-state index in [0.29, 0.717) is 12.3 Å². The molecule has 1 atom stereocenters. The smallest absolute Gasteiger partial charge is 0.152 e. The molecule has 0 aromatic carbocycles. The van der Waals surface area contributed by atoms with Crippen LogP contribution in [0.3, 0.4) is 0 Å². The Morgan fingerprint density at radius 1 is 1.11 bits per heavy atom. The molecule has 0 radical (unpaired) electrons. The Kier molecular flexibility index (Phi) is 3.19. The maximum atomic E-state index is 11.8. The molecule has 4 nitrogen and oxygen atoms in total. The van der Waals surface area contributed by atoms with E-state index in [9.17, 15) is 8.42 Å². The van der Waals surface area contributed by atoms with Crippen molar-refractivity contribution in [2.24, 2.45) is 17.6 Å². The molecule has 1 heterocycles. The number of rotatable bonds is 6. The minimum Gasteiger partial charge on any atom is -0.329 e. The Labute approximate surface area is 110 Å². The van der Waals surface area contributed by atoms with E-state index < -0.39 is 9.84 Å². The molecule has 1 saturated heterocycles. The first-order valence-corrected chi connectivity index (χ1v) is 9.01. The summed E-state index contributed by atoms with van der Waals surface area (Å²) in [6.07, 6.45) is 6.00. The molecular formula is C13H24N2O2S. The largest absolute Gasteiger partial charge is 0.329 e. The van der Waals surface area contributed by atoms with Crippen molar-refractivity contribution in [3.8, 4) is 0 Å². The van der Waals surface area contributed by atoms with E-state index in [1.807, 2.05) is 0 Å². The van der Waals surface area contributed by atoms with Gasteiger partial charge in [0.1, 0.15) is 0 Å². The number of sulfone groups is 1. The summed E-state index contributed by atoms with van der Waals surface area (Å²) in [4.78, 5) is 2.45. The molecule has 18 heavy (non-hydrogen) atoms. The van der Waals surface area contributed by atoms with Crippen LogP contribution in [0.25, 0.3) is 0 Å². The second kappa shape index (κ2) is 4.46. The summed E-state index contributed by atoms with van der Waals surface area (Å²) >= 11 is 0. The molecular weight excluding hydrogens is 248 g/mol. The molecule has 1 aliphatic heterocycles. The average Bonchev–Trinajstić information content (AvgIpc) is 3.20. The van der Waals surface area contributed by atoms with Gasteiger partial charge in [-0.05, 0) is 43.9 Å². The second-order valence-electron chi connectivity index (χ2n) is 6.56. The van der Waals surface area contributed by atoms with Crippen LogP contribution in [-0.2, 0) is 9.84 Å². The molecule has 0 spiro atoms. The highest BCUT2D eigenvalue weighted by Crippen LogP contribution is 2.39. The topological polar surface area (TPSA) is 63.4 Å². The minimum absolute atomic E-state index is 0.246. The van der Waals surface area contributed by atoms with Crippen LogP contribution in [0.2, 0.25) is 0 Å². The van der Waals surface area contributed by atoms with Crippen molar-refractivity contribution in [2.75, 3.05) is 31.1 Å². The normalized spacial score (nSPS) is 35.2. The third kappa shape index (κ3) is 2.73. The zero-order valence-electron chi connectivity index (χ0n) is 11.0. The highest BCUT2D eigenvalue weighted by atomic mass is 32.2. The predicted octanol–water partition coefficient (Wildman–Crippen LogP) is 0.624. The molecule has 2 N–H and O–H groups in total. The van der Waals surface area contributed by atoms with Crippen molar-refractivity contribution < 1.29 is 8.42 Å². The standard InChI is InChI=1S/C13H24N2O2S/c14-9-13(5-6-18(16,17)10-13)15(7-11-1-2-11)8-12-3-4-12/h11-12H,1-10,14H2. The zero-order valence-corrected chi connectivity index (χ0v) is 11.8. The van der Waals surface area contributed by atoms with Crippen molar-refractivity contribution in [2.45, 2.75) is 37.6 Å². The van der Waals surface area contributed by atoms with Crippen molar-refractivity contribution >= 4 is 9.84 Å². The van der Waals surface area contributed by atoms with Gasteiger partial charge in [0, 0.05) is 25.2 Å². The lowest BCUT2D eigenvalue weighted by atomic mass is 9.95. The molecule has 2 aliphatic carbocycles. The lowest BCUT2D eigenvalue weighted by Crippen LogP contribution is -2.56. The highest BCUT2D eigenvalue weighted by Gasteiger charge is 2.47. The molecule has 1 unspecified atom stereocenters. The van der Waals surface area contributed by atoms with Crippen LogP contribution in [0.15, 0.2) is 0 Å². The summed E-state index contributed by atoms with van der Waals surface area (Å²) in [7, 11) is -2.86. The van der Waals surface area contributed by atoms with Gasteiger partial charge in [0.25, 0.3) is 0 Å². The van der Waals surface area contributed by atoms with Crippen molar-refractivity contribution in [3.05, 3.63) is 0 Å². The van der Waals surface area contributed by atoms with Gasteiger partial charge in [0.15, 0.2) is 9.84 Å². The lowest BCUT2D eigenvalue weighted by Gasteiger charge is -2.40. The highest BCUT2D eigenvalue weighted by molar-refractivity contribution is 7.91. The fraction of sp³-hybridized carbons (Fsp3) is 1.00. The Balaban J connectivity index is 1.76. The van der Waals surface area contributed by atoms with Gasteiger partial charge in [-0.15, -0.1) is 0 Å². The van der Waals surface area contributed by atoms with E-state index >= 15 is 0 Å². The van der Waals surface area contributed by atoms with Crippen LogP contribution in [0.1, 0.15) is 32.1 Å². The predicted molar refractivity (Wildman–Crippen MR) is 72.1 cm³/mol. The monoisotopic (exact) mass is 272 g/mol. The van der Waals surface area contributed by atoms with Crippen molar-refractivity contribution in [1.82, 2.24) is 4.90 Å². The third-order valence-corrected chi connectivity index (χ3v) is 6.57. The SMILES string of the molecule is NCC1(N(CC2CC2)CC2CC2)CCS(=O)(=O)C1. The maximum absolute atomic E-state index is 11.8. The molecule has 0 aromatic rings. The van der Waals surface area contributed by atoms with Gasteiger partial charge < -0.3 is 5.73 Å². The van der Waals surface area contributed by atoms with E-state index in [2.05, 4.69) is 4.90 Å². The summed E-state index contributed by atoms with van der Waals surface area (Å²) in [6, 6.07) is 0. The third-order valence-electron chi connectivity index (χ3n) is 4.77. The van der Waals surface area contributed by atoms with Gasteiger partial charge in [-0.25, -0.2) is 8.42 Å². The molecule has 2 saturated carbocycles. The van der Waals surface area contributed by atoms with Gasteiger partial charge in [-0.3, -0.25) is 4.90 Å². The minimum atomic E-state index is -2.86. The Hall–Kier alpha value is -0.130. The fourth-order valence-electron chi connectivity index (χ4n) is 3.12. The maximum Gasteiger partial charge on any atom is 0.152 e. The molecule has 0 amide bonds. The molecule has 5 heteroatoms. The lowest BCUT2D eigenvalue weighted by molar-refractivity contribution is 0.104. The second-order valence-corrected chi connectivity index (χ2v) is 8.75. The molecule has 3 aliphatic rings. The van der Waals surface area contributed by atoms with Crippen LogP contribution in [0.5, 0.6) is 0 Å². The number of nitrogens with two attached hydrogens (primary N) is 1. The van der Waals surface area contributed by atoms with Gasteiger partial charge in [0.05, 0.1) is 11.5 Å². The Bertz CT molecular complexity index is 401. The molecule has 104 valence electrons. The quantitative estimate of drug-likeness (QED) is 0.770. The van der Waals surface area contributed by atoms with Crippen LogP contribution in [0.4, 0.5) is 0 Å². The van der Waals surface area contributed by atoms with E-state index in [1.54, 1.807) is 0 Å². The summed E-state index contributed by atoms with van der Waals surface area (Å²) in [5.41, 5.74) is 5.73. The van der Waals surface area contributed by atoms with Gasteiger partial charge in [-0.1, -0.05) is 0 Å². The van der Waals surface area contributed by atoms with E-state index in [0.717, 1.165) is 31.3 Å². The van der Waals surface area contributed by atoms with Crippen LogP contribution in [-0.4, -0.2) is 50.0 Å². The Morgan fingerprint density at radius 3 is 2.00 bits per heavy atom. The summed E-state index contributed by atoms with van der Waals surface area (Å²) in [6.45, 7) is 2.64. The molecule has 3 fully saturated rings. The first-order chi connectivity index (χ1) is 8.53. The summed E-state index contributed by atoms with van der Waals surface area (Å²) in [5, 5.41) is 0. The Morgan fingerprint density at radius 2 is 1.67 bits per heavy atom. The summed E-state index contributed by atoms with van der Waals surface area (Å²) in [5.74, 6) is 2.22. The van der Waals surface area contributed by atoms with E-state index in [4.69, 9.17) is 5.73 Å². The van der Waals surface area contributed by atoms with Crippen LogP contribution in [0, 0.1) is 11.8 Å². The first kappa shape index (κ1) is 12.9. The number of hydrogen-bond donors (Lipinski definition) is 1. The van der Waals surface area contributed by atoms with E-state index in [1.165, 1.54) is 25.7 Å². The van der Waals surface area contributed by atoms with Gasteiger partial charge in [0.2, 0.25) is 0 Å². The average molecular weight is 272 g/mol. The first-order valence-electron chi connectivity index (χ1n) is 7.19. The molecule has 0 aromatic heterocycles. The van der Waals surface area contributed by atoms with Crippen LogP contribution >= 0.6 is 0 Å². The molecule has 0 bridgehead atoms. The fourth-order valence-corrected chi connectivity index (χ4v) is 5.22. The van der Waals surface area contributed by atoms with Crippen LogP contribution < -0.4 is 5.73 Å². The van der Waals surface area contributed by atoms with Gasteiger partial charge in [-0.2, -0.15) is 0 Å². The number of nitrogens with zero attached hydrogens (tertiary/aromatic N) is 1. The van der Waals surface area contributed by atoms with Crippen molar-refractivity contribution in [3.63, 3.8) is 0 Å². The van der Waals surface area contributed by atoms with Crippen molar-refractivity contribution in [1.29, 1.82) is 0 Å². The van der Waals surface area contributed by atoms with E-state index in [-0.39, 0.29) is 11.3 Å².